The first-order chi connectivity index (χ1) is 14.8. The molecule has 9 heteroatoms. The SMILES string of the molecule is COC(=O)c1ccccc1S(=O)(=O)N1CCC(C(=O)NCCc2cccc(F)c2)CC1. The second kappa shape index (κ2) is 10.0. The van der Waals surface area contributed by atoms with Gasteiger partial charge in [0, 0.05) is 25.6 Å². The third-order valence-electron chi connectivity index (χ3n) is 5.34. The minimum Gasteiger partial charge on any atom is -0.465 e. The predicted molar refractivity (Wildman–Crippen MR) is 112 cm³/mol. The molecule has 0 aromatic heterocycles. The number of nitrogens with zero attached hydrogens (tertiary/aromatic N) is 1. The van der Waals surface area contributed by atoms with Crippen LogP contribution in [0.5, 0.6) is 0 Å². The van der Waals surface area contributed by atoms with E-state index in [0.717, 1.165) is 5.56 Å². The topological polar surface area (TPSA) is 92.8 Å². The van der Waals surface area contributed by atoms with Gasteiger partial charge in [0.05, 0.1) is 17.6 Å². The van der Waals surface area contributed by atoms with E-state index in [0.29, 0.717) is 25.8 Å². The molecule has 2 aromatic carbocycles. The first-order valence-corrected chi connectivity index (χ1v) is 11.5. The number of carbonyl (C=O) groups excluding carboxylic acids is 2. The Morgan fingerprint density at radius 3 is 2.52 bits per heavy atom. The van der Waals surface area contributed by atoms with Crippen molar-refractivity contribution in [2.24, 2.45) is 5.92 Å². The summed E-state index contributed by atoms with van der Waals surface area (Å²) in [6.07, 6.45) is 1.28. The molecular formula is C22H25FN2O5S. The van der Waals surface area contributed by atoms with Gasteiger partial charge in [-0.1, -0.05) is 24.3 Å². The van der Waals surface area contributed by atoms with E-state index >= 15 is 0 Å². The van der Waals surface area contributed by atoms with Gasteiger partial charge in [0.1, 0.15) is 5.82 Å². The first kappa shape index (κ1) is 22.9. The Balaban J connectivity index is 1.56. The van der Waals surface area contributed by atoms with Crippen molar-refractivity contribution >= 4 is 21.9 Å². The third-order valence-corrected chi connectivity index (χ3v) is 7.29. The van der Waals surface area contributed by atoms with Crippen molar-refractivity contribution in [3.63, 3.8) is 0 Å². The number of rotatable bonds is 7. The molecule has 1 aliphatic rings. The van der Waals surface area contributed by atoms with E-state index in [-0.39, 0.29) is 41.2 Å². The van der Waals surface area contributed by atoms with Crippen molar-refractivity contribution in [3.05, 3.63) is 65.5 Å². The van der Waals surface area contributed by atoms with E-state index in [1.54, 1.807) is 24.3 Å². The lowest BCUT2D eigenvalue weighted by atomic mass is 9.97. The highest BCUT2D eigenvalue weighted by Gasteiger charge is 2.34. The van der Waals surface area contributed by atoms with Crippen LogP contribution in [0.4, 0.5) is 4.39 Å². The molecule has 0 atom stereocenters. The number of carbonyl (C=O) groups is 2. The zero-order valence-electron chi connectivity index (χ0n) is 17.2. The highest BCUT2D eigenvalue weighted by molar-refractivity contribution is 7.89. The van der Waals surface area contributed by atoms with Crippen LogP contribution in [0, 0.1) is 11.7 Å². The zero-order valence-corrected chi connectivity index (χ0v) is 18.0. The Bertz CT molecular complexity index is 1050. The number of amides is 1. The molecule has 0 unspecified atom stereocenters. The van der Waals surface area contributed by atoms with Crippen LogP contribution >= 0.6 is 0 Å². The molecule has 1 fully saturated rings. The van der Waals surface area contributed by atoms with Crippen LogP contribution in [0.15, 0.2) is 53.4 Å². The largest absolute Gasteiger partial charge is 0.465 e. The summed E-state index contributed by atoms with van der Waals surface area (Å²) >= 11 is 0. The summed E-state index contributed by atoms with van der Waals surface area (Å²) in [6, 6.07) is 12.1. The molecule has 0 aliphatic carbocycles. The molecular weight excluding hydrogens is 423 g/mol. The monoisotopic (exact) mass is 448 g/mol. The fourth-order valence-electron chi connectivity index (χ4n) is 3.63. The Morgan fingerprint density at radius 1 is 1.13 bits per heavy atom. The van der Waals surface area contributed by atoms with Gasteiger partial charge in [-0.05, 0) is 49.1 Å². The second-order valence-electron chi connectivity index (χ2n) is 7.34. The van der Waals surface area contributed by atoms with Crippen molar-refractivity contribution in [2.75, 3.05) is 26.7 Å². The normalized spacial score (nSPS) is 15.4. The van der Waals surface area contributed by atoms with Gasteiger partial charge in [-0.3, -0.25) is 4.79 Å². The molecule has 1 saturated heterocycles. The number of ether oxygens (including phenoxy) is 1. The summed E-state index contributed by atoms with van der Waals surface area (Å²) in [5, 5.41) is 2.85. The average Bonchev–Trinajstić information content (AvgIpc) is 2.78. The molecule has 1 aliphatic heterocycles. The van der Waals surface area contributed by atoms with Crippen molar-refractivity contribution in [1.82, 2.24) is 9.62 Å². The van der Waals surface area contributed by atoms with E-state index < -0.39 is 16.0 Å². The lowest BCUT2D eigenvalue weighted by Crippen LogP contribution is -2.43. The van der Waals surface area contributed by atoms with Crippen LogP contribution in [0.1, 0.15) is 28.8 Å². The van der Waals surface area contributed by atoms with Crippen molar-refractivity contribution < 1.29 is 27.1 Å². The van der Waals surface area contributed by atoms with Crippen molar-refractivity contribution in [2.45, 2.75) is 24.2 Å². The molecule has 1 N–H and O–H groups in total. The quantitative estimate of drug-likeness (QED) is 0.657. The average molecular weight is 449 g/mol. The van der Waals surface area contributed by atoms with Crippen molar-refractivity contribution in [1.29, 1.82) is 0 Å². The van der Waals surface area contributed by atoms with Crippen molar-refractivity contribution in [3.8, 4) is 0 Å². The van der Waals surface area contributed by atoms with Gasteiger partial charge < -0.3 is 10.1 Å². The maximum Gasteiger partial charge on any atom is 0.339 e. The number of hydrogen-bond acceptors (Lipinski definition) is 5. The van der Waals surface area contributed by atoms with Gasteiger partial charge in [0.15, 0.2) is 0 Å². The van der Waals surface area contributed by atoms with Crippen LogP contribution in [0.3, 0.4) is 0 Å². The van der Waals surface area contributed by atoms with Gasteiger partial charge in [-0.15, -0.1) is 0 Å². The maximum absolute atomic E-state index is 13.2. The molecule has 1 amide bonds. The molecule has 2 aromatic rings. The van der Waals surface area contributed by atoms with Gasteiger partial charge in [0.2, 0.25) is 15.9 Å². The highest BCUT2D eigenvalue weighted by atomic mass is 32.2. The van der Waals surface area contributed by atoms with E-state index in [2.05, 4.69) is 10.1 Å². The van der Waals surface area contributed by atoms with Crippen LogP contribution in [-0.2, 0) is 26.0 Å². The molecule has 0 bridgehead atoms. The molecule has 0 spiro atoms. The summed E-state index contributed by atoms with van der Waals surface area (Å²) in [7, 11) is -2.69. The zero-order chi connectivity index (χ0) is 22.4. The number of halogens is 1. The standard InChI is InChI=1S/C22H25FN2O5S/c1-30-22(27)19-7-2-3-8-20(19)31(28,29)25-13-10-17(11-14-25)21(26)24-12-9-16-5-4-6-18(23)15-16/h2-8,15,17H,9-14H2,1H3,(H,24,26). The summed E-state index contributed by atoms with van der Waals surface area (Å²) < 4.78 is 45.3. The Labute approximate surface area is 181 Å². The van der Waals surface area contributed by atoms with Crippen LogP contribution in [-0.4, -0.2) is 51.3 Å². The molecule has 0 radical (unpaired) electrons. The van der Waals surface area contributed by atoms with Crippen LogP contribution in [0.2, 0.25) is 0 Å². The van der Waals surface area contributed by atoms with Gasteiger partial charge in [0.25, 0.3) is 0 Å². The van der Waals surface area contributed by atoms with E-state index in [1.165, 1.54) is 35.7 Å². The molecule has 3 rings (SSSR count). The smallest absolute Gasteiger partial charge is 0.339 e. The van der Waals surface area contributed by atoms with Gasteiger partial charge in [-0.25, -0.2) is 17.6 Å². The lowest BCUT2D eigenvalue weighted by Gasteiger charge is -2.31. The number of benzene rings is 2. The van der Waals surface area contributed by atoms with Crippen LogP contribution in [0.25, 0.3) is 0 Å². The summed E-state index contributed by atoms with van der Waals surface area (Å²) in [5.74, 6) is -1.46. The maximum atomic E-state index is 13.2. The fourth-order valence-corrected chi connectivity index (χ4v) is 5.28. The predicted octanol–water partition coefficient (Wildman–Crippen LogP) is 2.37. The highest BCUT2D eigenvalue weighted by Crippen LogP contribution is 2.26. The minimum absolute atomic E-state index is 0.0118. The number of sulfonamides is 1. The minimum atomic E-state index is -3.89. The van der Waals surface area contributed by atoms with Gasteiger partial charge in [-0.2, -0.15) is 4.31 Å². The summed E-state index contributed by atoms with van der Waals surface area (Å²) in [4.78, 5) is 24.3. The van der Waals surface area contributed by atoms with E-state index in [1.807, 2.05) is 0 Å². The van der Waals surface area contributed by atoms with Gasteiger partial charge >= 0.3 is 5.97 Å². The third kappa shape index (κ3) is 5.48. The fraction of sp³-hybridized carbons (Fsp3) is 0.364. The lowest BCUT2D eigenvalue weighted by molar-refractivity contribution is -0.126. The molecule has 7 nitrogen and oxygen atoms in total. The molecule has 0 saturated carbocycles. The number of esters is 1. The Hall–Kier alpha value is -2.78. The van der Waals surface area contributed by atoms with E-state index in [4.69, 9.17) is 0 Å². The first-order valence-electron chi connectivity index (χ1n) is 10.0. The molecule has 166 valence electrons. The van der Waals surface area contributed by atoms with E-state index in [9.17, 15) is 22.4 Å². The molecule has 1 heterocycles. The number of piperidine rings is 1. The van der Waals surface area contributed by atoms with Crippen LogP contribution < -0.4 is 5.32 Å². The second-order valence-corrected chi connectivity index (χ2v) is 9.24. The Kier molecular flexibility index (Phi) is 7.40. The number of methoxy groups -OCH3 is 1. The molecule has 31 heavy (non-hydrogen) atoms. The number of nitrogens with one attached hydrogen (secondary N) is 1. The Morgan fingerprint density at radius 2 is 1.84 bits per heavy atom. The summed E-state index contributed by atoms with van der Waals surface area (Å²) in [5.41, 5.74) is 0.785. The summed E-state index contributed by atoms with van der Waals surface area (Å²) in [6.45, 7) is 0.743. The number of hydrogen-bond donors (Lipinski definition) is 1.